The van der Waals surface area contributed by atoms with Gasteiger partial charge in [-0.1, -0.05) is 97.1 Å². The maximum Gasteiger partial charge on any atom is 0.135 e. The number of aromatic nitrogens is 1. The Hall–Kier alpha value is -5.75. The monoisotopic (exact) mass is 650 g/mol. The summed E-state index contributed by atoms with van der Waals surface area (Å²) in [7, 11) is 0. The van der Waals surface area contributed by atoms with Crippen LogP contribution in [0.2, 0.25) is 0 Å². The van der Waals surface area contributed by atoms with Crippen molar-refractivity contribution in [2.24, 2.45) is 0 Å². The number of hydrogen-bond acceptors (Lipinski definition) is 5. The number of thiazole rings is 1. The molecule has 226 valence electrons. The van der Waals surface area contributed by atoms with Crippen LogP contribution in [0.3, 0.4) is 0 Å². The van der Waals surface area contributed by atoms with Gasteiger partial charge in [-0.15, -0.1) is 22.7 Å². The van der Waals surface area contributed by atoms with Crippen molar-refractivity contribution in [3.8, 4) is 21.7 Å². The maximum absolute atomic E-state index is 6.14. The van der Waals surface area contributed by atoms with Crippen molar-refractivity contribution < 1.29 is 4.42 Å². The van der Waals surface area contributed by atoms with Gasteiger partial charge in [0, 0.05) is 53.6 Å². The molecule has 0 saturated carbocycles. The molecule has 0 aliphatic carbocycles. The Labute approximate surface area is 284 Å². The Morgan fingerprint density at radius 1 is 0.479 bits per heavy atom. The third kappa shape index (κ3) is 4.36. The van der Waals surface area contributed by atoms with E-state index in [4.69, 9.17) is 9.40 Å². The zero-order valence-corrected chi connectivity index (χ0v) is 27.3. The fraction of sp³-hybridized carbons (Fsp3) is 0. The molecule has 10 aromatic rings. The van der Waals surface area contributed by atoms with Crippen LogP contribution >= 0.6 is 22.7 Å². The molecule has 3 heterocycles. The molecule has 0 bridgehead atoms. The van der Waals surface area contributed by atoms with Crippen LogP contribution in [0.5, 0.6) is 0 Å². The number of thiophene rings is 1. The molecular weight excluding hydrogens is 625 g/mol. The molecule has 0 aliphatic heterocycles. The molecule has 7 aromatic carbocycles. The Kier molecular flexibility index (Phi) is 6.22. The molecule has 0 radical (unpaired) electrons. The highest BCUT2D eigenvalue weighted by atomic mass is 32.1. The largest absolute Gasteiger partial charge is 0.456 e. The normalized spacial score (nSPS) is 11.8. The SMILES string of the molecule is c1ccc(-c2nc3ccc4sc5c(-c6ccc(N(c7ccccc7)c7ccc8oc9ccccc9c8c7)cc6)cccc5c4c3s2)cc1. The van der Waals surface area contributed by atoms with Crippen LogP contribution in [0, 0.1) is 0 Å². The van der Waals surface area contributed by atoms with Crippen molar-refractivity contribution in [3.05, 3.63) is 158 Å². The summed E-state index contributed by atoms with van der Waals surface area (Å²) in [5.41, 5.74) is 9.76. The van der Waals surface area contributed by atoms with E-state index in [1.165, 1.54) is 36.0 Å². The first-order chi connectivity index (χ1) is 23.8. The van der Waals surface area contributed by atoms with Crippen molar-refractivity contribution in [1.82, 2.24) is 4.98 Å². The van der Waals surface area contributed by atoms with Crippen LogP contribution in [-0.2, 0) is 0 Å². The number of furan rings is 1. The Morgan fingerprint density at radius 3 is 2.04 bits per heavy atom. The smallest absolute Gasteiger partial charge is 0.135 e. The Bertz CT molecular complexity index is 2780. The fourth-order valence-corrected chi connectivity index (χ4v) is 9.31. The van der Waals surface area contributed by atoms with E-state index in [0.29, 0.717) is 0 Å². The topological polar surface area (TPSA) is 29.3 Å². The molecule has 0 unspecified atom stereocenters. The first kappa shape index (κ1) is 27.4. The minimum atomic E-state index is 0.895. The summed E-state index contributed by atoms with van der Waals surface area (Å²) in [5.74, 6) is 0. The third-order valence-electron chi connectivity index (χ3n) is 9.11. The molecular formula is C43H26N2OS2. The Morgan fingerprint density at radius 2 is 1.19 bits per heavy atom. The second kappa shape index (κ2) is 10.9. The van der Waals surface area contributed by atoms with Crippen molar-refractivity contribution in [1.29, 1.82) is 0 Å². The third-order valence-corrected chi connectivity index (χ3v) is 11.4. The van der Waals surface area contributed by atoms with Crippen LogP contribution in [-0.4, -0.2) is 4.98 Å². The number of rotatable bonds is 5. The molecule has 3 nitrogen and oxygen atoms in total. The standard InChI is InChI=1S/C43H26N2OS2/c1-3-10-28(11-4-1)43-44-36-23-25-39-40(42(36)48-43)34-16-9-15-32(41(34)47-39)27-18-20-30(21-19-27)45(29-12-5-2-6-13-29)31-22-24-38-35(26-31)33-14-7-8-17-37(33)46-38/h1-26H. The zero-order chi connectivity index (χ0) is 31.6. The van der Waals surface area contributed by atoms with E-state index < -0.39 is 0 Å². The molecule has 0 atom stereocenters. The van der Waals surface area contributed by atoms with E-state index in [0.717, 1.165) is 55.1 Å². The van der Waals surface area contributed by atoms with Crippen LogP contribution in [0.1, 0.15) is 0 Å². The summed E-state index contributed by atoms with van der Waals surface area (Å²) < 4.78 is 10.00. The molecule has 0 N–H and O–H groups in total. The number of para-hydroxylation sites is 2. The van der Waals surface area contributed by atoms with Gasteiger partial charge < -0.3 is 9.32 Å². The Balaban J connectivity index is 1.08. The summed E-state index contributed by atoms with van der Waals surface area (Å²) in [4.78, 5) is 7.33. The van der Waals surface area contributed by atoms with Crippen molar-refractivity contribution in [2.45, 2.75) is 0 Å². The number of benzene rings is 7. The molecule has 0 fully saturated rings. The van der Waals surface area contributed by atoms with Gasteiger partial charge in [-0.25, -0.2) is 4.98 Å². The summed E-state index contributed by atoms with van der Waals surface area (Å²) in [5, 5.41) is 5.90. The van der Waals surface area contributed by atoms with Crippen LogP contribution in [0.25, 0.3) is 74.0 Å². The predicted molar refractivity (Wildman–Crippen MR) is 205 cm³/mol. The van der Waals surface area contributed by atoms with Gasteiger partial charge in [0.15, 0.2) is 0 Å². The van der Waals surface area contributed by atoms with Crippen molar-refractivity contribution in [2.75, 3.05) is 4.90 Å². The molecule has 3 aromatic heterocycles. The van der Waals surface area contributed by atoms with E-state index >= 15 is 0 Å². The van der Waals surface area contributed by atoms with E-state index in [1.807, 2.05) is 23.5 Å². The first-order valence-electron chi connectivity index (χ1n) is 16.0. The summed E-state index contributed by atoms with van der Waals surface area (Å²) >= 11 is 3.66. The lowest BCUT2D eigenvalue weighted by molar-refractivity contribution is 0.669. The summed E-state index contributed by atoms with van der Waals surface area (Å²) in [6, 6.07) is 55.9. The van der Waals surface area contributed by atoms with Gasteiger partial charge in [0.2, 0.25) is 0 Å². The van der Waals surface area contributed by atoms with E-state index in [1.54, 1.807) is 11.3 Å². The van der Waals surface area contributed by atoms with Gasteiger partial charge in [0.25, 0.3) is 0 Å². The molecule has 10 rings (SSSR count). The van der Waals surface area contributed by atoms with Crippen LogP contribution in [0.4, 0.5) is 17.1 Å². The van der Waals surface area contributed by atoms with Gasteiger partial charge in [-0.05, 0) is 71.8 Å². The fourth-order valence-electron chi connectivity index (χ4n) is 6.87. The predicted octanol–water partition coefficient (Wildman–Crippen LogP) is 13.4. The van der Waals surface area contributed by atoms with Gasteiger partial charge in [0.05, 0.1) is 10.2 Å². The molecule has 0 spiro atoms. The molecule has 5 heteroatoms. The molecule has 48 heavy (non-hydrogen) atoms. The molecule has 0 saturated heterocycles. The minimum Gasteiger partial charge on any atom is -0.456 e. The van der Waals surface area contributed by atoms with Gasteiger partial charge >= 0.3 is 0 Å². The lowest BCUT2D eigenvalue weighted by Gasteiger charge is -2.25. The highest BCUT2D eigenvalue weighted by Crippen LogP contribution is 2.46. The number of fused-ring (bicyclic) bond motifs is 8. The number of anilines is 3. The number of nitrogens with zero attached hydrogens (tertiary/aromatic N) is 2. The maximum atomic E-state index is 6.14. The van der Waals surface area contributed by atoms with E-state index in [9.17, 15) is 0 Å². The highest BCUT2D eigenvalue weighted by molar-refractivity contribution is 7.28. The van der Waals surface area contributed by atoms with Crippen molar-refractivity contribution >= 4 is 92.1 Å². The zero-order valence-electron chi connectivity index (χ0n) is 25.6. The number of hydrogen-bond donors (Lipinski definition) is 0. The highest BCUT2D eigenvalue weighted by Gasteiger charge is 2.18. The first-order valence-corrected chi connectivity index (χ1v) is 17.6. The lowest BCUT2D eigenvalue weighted by Crippen LogP contribution is -2.09. The average Bonchev–Trinajstić information content (AvgIpc) is 3.86. The van der Waals surface area contributed by atoms with E-state index in [-0.39, 0.29) is 0 Å². The van der Waals surface area contributed by atoms with Crippen LogP contribution in [0.15, 0.2) is 162 Å². The van der Waals surface area contributed by atoms with Crippen molar-refractivity contribution in [3.63, 3.8) is 0 Å². The second-order valence-corrected chi connectivity index (χ2v) is 14.0. The molecule has 0 amide bonds. The summed E-state index contributed by atoms with van der Waals surface area (Å²) in [6.07, 6.45) is 0. The van der Waals surface area contributed by atoms with Gasteiger partial charge in [0.1, 0.15) is 16.2 Å². The van der Waals surface area contributed by atoms with Crippen LogP contribution < -0.4 is 4.90 Å². The molecule has 0 aliphatic rings. The van der Waals surface area contributed by atoms with Gasteiger partial charge in [-0.2, -0.15) is 0 Å². The van der Waals surface area contributed by atoms with E-state index in [2.05, 4.69) is 150 Å². The lowest BCUT2D eigenvalue weighted by atomic mass is 10.0. The minimum absolute atomic E-state index is 0.895. The quantitative estimate of drug-likeness (QED) is 0.186. The summed E-state index contributed by atoms with van der Waals surface area (Å²) in [6.45, 7) is 0. The van der Waals surface area contributed by atoms with Gasteiger partial charge in [-0.3, -0.25) is 0 Å². The second-order valence-electron chi connectivity index (χ2n) is 12.0. The average molecular weight is 651 g/mol.